The summed E-state index contributed by atoms with van der Waals surface area (Å²) in [5.74, 6) is -1.55. The monoisotopic (exact) mass is 488 g/mol. The van der Waals surface area contributed by atoms with Crippen molar-refractivity contribution in [2.24, 2.45) is 0 Å². The second-order valence-electron chi connectivity index (χ2n) is 8.04. The highest BCUT2D eigenvalue weighted by molar-refractivity contribution is 6.00. The fourth-order valence-electron chi connectivity index (χ4n) is 3.32. The molecule has 2 amide bonds. The summed E-state index contributed by atoms with van der Waals surface area (Å²) in [6.07, 6.45) is -1.17. The maximum Gasteiger partial charge on any atom is 0.418 e. The molecule has 1 aliphatic rings. The number of nitrogens with one attached hydrogen (secondary N) is 3. The third-order valence-corrected chi connectivity index (χ3v) is 5.41. The van der Waals surface area contributed by atoms with Crippen molar-refractivity contribution in [1.29, 1.82) is 0 Å². The van der Waals surface area contributed by atoms with Gasteiger partial charge in [-0.1, -0.05) is 0 Å². The lowest BCUT2D eigenvalue weighted by Crippen LogP contribution is -2.48. The van der Waals surface area contributed by atoms with E-state index < -0.39 is 29.0 Å². The van der Waals surface area contributed by atoms with E-state index in [1.807, 2.05) is 0 Å². The zero-order valence-corrected chi connectivity index (χ0v) is 18.1. The topological polar surface area (TPSA) is 122 Å². The van der Waals surface area contributed by atoms with E-state index in [1.165, 1.54) is 36.7 Å². The summed E-state index contributed by atoms with van der Waals surface area (Å²) >= 11 is 0. The minimum atomic E-state index is -4.74. The molecule has 0 saturated heterocycles. The number of rotatable bonds is 7. The normalized spacial score (nSPS) is 14.2. The Hall–Kier alpha value is -4.22. The molecule has 1 aromatic carbocycles. The van der Waals surface area contributed by atoms with Gasteiger partial charge in [-0.3, -0.25) is 14.6 Å². The van der Waals surface area contributed by atoms with E-state index in [9.17, 15) is 27.2 Å². The van der Waals surface area contributed by atoms with Crippen LogP contribution in [0.15, 0.2) is 54.9 Å². The third-order valence-electron chi connectivity index (χ3n) is 5.41. The van der Waals surface area contributed by atoms with Gasteiger partial charge in [0, 0.05) is 6.20 Å². The van der Waals surface area contributed by atoms with Crippen molar-refractivity contribution in [3.63, 3.8) is 0 Å². The Balaban J connectivity index is 1.34. The molecule has 5 N–H and O–H groups in total. The number of amides is 2. The number of hydrogen-bond acceptors (Lipinski definition) is 6. The number of aromatic nitrogens is 2. The number of halogens is 4. The van der Waals surface area contributed by atoms with Gasteiger partial charge in [0.05, 0.1) is 40.9 Å². The number of anilines is 3. The molecular formula is C23H20F4N6O2. The van der Waals surface area contributed by atoms with Crippen LogP contribution in [0.1, 0.15) is 34.5 Å². The summed E-state index contributed by atoms with van der Waals surface area (Å²) in [5, 5.41) is 8.00. The zero-order valence-electron chi connectivity index (χ0n) is 18.1. The molecule has 0 radical (unpaired) electrons. The summed E-state index contributed by atoms with van der Waals surface area (Å²) in [6.45, 7) is 0.0461. The Morgan fingerprint density at radius 2 is 1.80 bits per heavy atom. The molecule has 8 nitrogen and oxygen atoms in total. The van der Waals surface area contributed by atoms with Crippen molar-refractivity contribution in [3.8, 4) is 0 Å². The van der Waals surface area contributed by atoms with E-state index in [1.54, 1.807) is 0 Å². The largest absolute Gasteiger partial charge is 0.418 e. The van der Waals surface area contributed by atoms with Crippen LogP contribution >= 0.6 is 0 Å². The molecule has 1 saturated carbocycles. The standard InChI is InChI=1S/C23H20F4N6O2/c24-14-2-5-18(17(9-14)23(25,26)27)32-16-4-3-15(29-12-16)11-31-21(35)22(7-8-22)33-20(34)13-1-6-19(28)30-10-13/h1-6,9-10,12,32H,7-8,11H2,(H2,28,30)(H,31,35)(H,33,34). The van der Waals surface area contributed by atoms with E-state index in [0.29, 0.717) is 24.6 Å². The maximum atomic E-state index is 13.3. The zero-order chi connectivity index (χ0) is 25.2. The lowest BCUT2D eigenvalue weighted by Gasteiger charge is -2.17. The molecule has 1 aliphatic carbocycles. The maximum absolute atomic E-state index is 13.3. The van der Waals surface area contributed by atoms with Gasteiger partial charge in [-0.25, -0.2) is 9.37 Å². The molecule has 12 heteroatoms. The molecule has 3 aromatic rings. The van der Waals surface area contributed by atoms with Crippen LogP contribution in [0.2, 0.25) is 0 Å². The minimum Gasteiger partial charge on any atom is -0.384 e. The fourth-order valence-corrected chi connectivity index (χ4v) is 3.32. The number of nitrogen functional groups attached to an aromatic ring is 1. The number of carbonyl (C=O) groups excluding carboxylic acids is 2. The highest BCUT2D eigenvalue weighted by Crippen LogP contribution is 2.37. The van der Waals surface area contributed by atoms with Gasteiger partial charge in [-0.15, -0.1) is 0 Å². The van der Waals surface area contributed by atoms with Crippen LogP contribution in [0.25, 0.3) is 0 Å². The molecule has 0 aliphatic heterocycles. The molecule has 0 spiro atoms. The van der Waals surface area contributed by atoms with Gasteiger partial charge in [0.15, 0.2) is 0 Å². The van der Waals surface area contributed by atoms with Crippen molar-refractivity contribution in [3.05, 3.63) is 77.5 Å². The van der Waals surface area contributed by atoms with Gasteiger partial charge in [-0.05, 0) is 55.3 Å². The Kier molecular flexibility index (Phi) is 6.29. The number of pyridine rings is 2. The van der Waals surface area contributed by atoms with E-state index in [0.717, 1.165) is 12.1 Å². The van der Waals surface area contributed by atoms with Crippen LogP contribution < -0.4 is 21.7 Å². The van der Waals surface area contributed by atoms with Crippen molar-refractivity contribution in [1.82, 2.24) is 20.6 Å². The van der Waals surface area contributed by atoms with Crippen molar-refractivity contribution in [2.45, 2.75) is 31.1 Å². The number of benzene rings is 1. The first-order valence-corrected chi connectivity index (χ1v) is 10.5. The van der Waals surface area contributed by atoms with Gasteiger partial charge >= 0.3 is 6.18 Å². The van der Waals surface area contributed by atoms with E-state index >= 15 is 0 Å². The Morgan fingerprint density at radius 1 is 1.03 bits per heavy atom. The predicted molar refractivity (Wildman–Crippen MR) is 119 cm³/mol. The first kappa shape index (κ1) is 23.9. The first-order chi connectivity index (χ1) is 16.6. The summed E-state index contributed by atoms with van der Waals surface area (Å²) in [7, 11) is 0. The average molecular weight is 488 g/mol. The SMILES string of the molecule is Nc1ccc(C(=O)NC2(C(=O)NCc3ccc(Nc4ccc(F)cc4C(F)(F)F)cn3)CC2)cn1. The Bertz CT molecular complexity index is 1240. The van der Waals surface area contributed by atoms with E-state index in [4.69, 9.17) is 5.73 Å². The minimum absolute atomic E-state index is 0.0461. The number of alkyl halides is 3. The molecule has 1 fully saturated rings. The molecule has 4 rings (SSSR count). The van der Waals surface area contributed by atoms with Crippen LogP contribution in [-0.4, -0.2) is 27.3 Å². The highest BCUT2D eigenvalue weighted by atomic mass is 19.4. The van der Waals surface area contributed by atoms with Crippen molar-refractivity contribution >= 4 is 29.0 Å². The Labute approximate surface area is 197 Å². The number of nitrogens with zero attached hydrogens (tertiary/aromatic N) is 2. The molecule has 0 bridgehead atoms. The summed E-state index contributed by atoms with van der Waals surface area (Å²) in [6, 6.07) is 8.34. The lowest BCUT2D eigenvalue weighted by molar-refractivity contribution is -0.137. The molecular weight excluding hydrogens is 468 g/mol. The lowest BCUT2D eigenvalue weighted by atomic mass is 10.1. The smallest absolute Gasteiger partial charge is 0.384 e. The van der Waals surface area contributed by atoms with Crippen LogP contribution in [0, 0.1) is 5.82 Å². The fraction of sp³-hybridized carbons (Fsp3) is 0.217. The summed E-state index contributed by atoms with van der Waals surface area (Å²) < 4.78 is 52.8. The second kappa shape index (κ2) is 9.20. The van der Waals surface area contributed by atoms with E-state index in [2.05, 4.69) is 25.9 Å². The van der Waals surface area contributed by atoms with Gasteiger partial charge in [0.2, 0.25) is 5.91 Å². The van der Waals surface area contributed by atoms with E-state index in [-0.39, 0.29) is 35.2 Å². The molecule has 0 atom stereocenters. The van der Waals surface area contributed by atoms with Crippen LogP contribution in [0.3, 0.4) is 0 Å². The number of nitrogens with two attached hydrogens (primary N) is 1. The highest BCUT2D eigenvalue weighted by Gasteiger charge is 2.51. The average Bonchev–Trinajstić information content (AvgIpc) is 3.60. The third kappa shape index (κ3) is 5.65. The molecule has 2 heterocycles. The predicted octanol–water partition coefficient (Wildman–Crippen LogP) is 3.54. The first-order valence-electron chi connectivity index (χ1n) is 10.5. The molecule has 182 valence electrons. The quantitative estimate of drug-likeness (QED) is 0.378. The Morgan fingerprint density at radius 3 is 2.40 bits per heavy atom. The van der Waals surface area contributed by atoms with Gasteiger partial charge in [0.25, 0.3) is 5.91 Å². The van der Waals surface area contributed by atoms with Gasteiger partial charge < -0.3 is 21.7 Å². The van der Waals surface area contributed by atoms with Crippen LogP contribution in [0.4, 0.5) is 34.8 Å². The molecule has 0 unspecified atom stereocenters. The summed E-state index contributed by atoms with van der Waals surface area (Å²) in [5.41, 5.74) is 4.01. The summed E-state index contributed by atoms with van der Waals surface area (Å²) in [4.78, 5) is 33.0. The van der Waals surface area contributed by atoms with Gasteiger partial charge in [0.1, 0.15) is 17.2 Å². The molecule has 35 heavy (non-hydrogen) atoms. The van der Waals surface area contributed by atoms with Crippen LogP contribution in [0.5, 0.6) is 0 Å². The second-order valence-corrected chi connectivity index (χ2v) is 8.04. The molecule has 2 aromatic heterocycles. The van der Waals surface area contributed by atoms with Crippen molar-refractivity contribution < 1.29 is 27.2 Å². The number of hydrogen-bond donors (Lipinski definition) is 4. The number of carbonyl (C=O) groups is 2. The van der Waals surface area contributed by atoms with Crippen molar-refractivity contribution in [2.75, 3.05) is 11.1 Å². The van der Waals surface area contributed by atoms with Crippen LogP contribution in [-0.2, 0) is 17.5 Å². The van der Waals surface area contributed by atoms with Gasteiger partial charge in [-0.2, -0.15) is 13.2 Å².